The van der Waals surface area contributed by atoms with Gasteiger partial charge in [-0.05, 0) is 49.3 Å². The van der Waals surface area contributed by atoms with Crippen LogP contribution in [0.4, 0.5) is 4.39 Å². The van der Waals surface area contributed by atoms with Gasteiger partial charge in [0.15, 0.2) is 6.10 Å². The summed E-state index contributed by atoms with van der Waals surface area (Å²) >= 11 is 7.33. The predicted molar refractivity (Wildman–Crippen MR) is 129 cm³/mol. The Kier molecular flexibility index (Phi) is 7.06. The third kappa shape index (κ3) is 5.15. The van der Waals surface area contributed by atoms with Crippen molar-refractivity contribution < 1.29 is 27.1 Å². The number of carbonyl (C=O) groups excluding carboxylic acids is 2. The van der Waals surface area contributed by atoms with E-state index in [0.717, 1.165) is 6.26 Å². The minimum Gasteiger partial charge on any atom is -0.453 e. The van der Waals surface area contributed by atoms with Crippen molar-refractivity contribution in [2.24, 2.45) is 5.92 Å². The van der Waals surface area contributed by atoms with E-state index in [9.17, 15) is 18.0 Å². The minimum atomic E-state index is -3.58. The monoisotopic (exact) mass is 528 g/mol. The van der Waals surface area contributed by atoms with Crippen LogP contribution in [0.15, 0.2) is 29.6 Å². The molecule has 1 saturated carbocycles. The van der Waals surface area contributed by atoms with Gasteiger partial charge in [0.2, 0.25) is 10.0 Å². The van der Waals surface area contributed by atoms with Gasteiger partial charge in [-0.2, -0.15) is 0 Å². The molecule has 3 aliphatic rings. The average Bonchev–Trinajstić information content (AvgIpc) is 3.13. The standard InChI is InChI=1S/C23H26ClFN2O5S2/c1-12(32-13(2)28)23(29)27-17-7-15(8-17)22(26-34(3,30)31)19(27)9-14-5-4-6-18(21(14)25)16-10-20(24)33-11-16/h4-6,10-12,15,17,19,22,26H,7-9H2,1-3H3/t12-,15?,17?,19+,22+/m1/s1. The fourth-order valence-electron chi connectivity index (χ4n) is 5.05. The molecule has 5 rings (SSSR count). The quantitative estimate of drug-likeness (QED) is 0.554. The number of nitrogens with zero attached hydrogens (tertiary/aromatic N) is 1. The number of piperidine rings is 2. The Morgan fingerprint density at radius 2 is 2.06 bits per heavy atom. The number of benzene rings is 1. The van der Waals surface area contributed by atoms with Crippen LogP contribution in [-0.4, -0.2) is 55.7 Å². The molecule has 1 amide bonds. The van der Waals surface area contributed by atoms with Gasteiger partial charge < -0.3 is 9.64 Å². The van der Waals surface area contributed by atoms with Crippen LogP contribution in [0.1, 0.15) is 32.3 Å². The van der Waals surface area contributed by atoms with Crippen molar-refractivity contribution in [3.05, 3.63) is 45.4 Å². The van der Waals surface area contributed by atoms with Crippen LogP contribution in [-0.2, 0) is 30.8 Å². The van der Waals surface area contributed by atoms with Gasteiger partial charge in [-0.15, -0.1) is 11.3 Å². The second-order valence-corrected chi connectivity index (χ2v) is 12.3. The summed E-state index contributed by atoms with van der Waals surface area (Å²) in [6.45, 7) is 2.72. The van der Waals surface area contributed by atoms with E-state index >= 15 is 4.39 Å². The summed E-state index contributed by atoms with van der Waals surface area (Å²) in [7, 11) is -3.58. The Balaban J connectivity index is 1.70. The van der Waals surface area contributed by atoms with Crippen LogP contribution in [0.25, 0.3) is 11.1 Å². The van der Waals surface area contributed by atoms with Crippen molar-refractivity contribution in [3.8, 4) is 11.1 Å². The summed E-state index contributed by atoms with van der Waals surface area (Å²) < 4.78 is 48.3. The van der Waals surface area contributed by atoms with Gasteiger partial charge in [0, 0.05) is 30.0 Å². The fraction of sp³-hybridized carbons (Fsp3) is 0.478. The first-order valence-electron chi connectivity index (χ1n) is 10.9. The normalized spacial score (nSPS) is 24.9. The van der Waals surface area contributed by atoms with Crippen LogP contribution in [0, 0.1) is 11.7 Å². The fourth-order valence-corrected chi connectivity index (χ4v) is 6.77. The van der Waals surface area contributed by atoms with Crippen LogP contribution in [0.3, 0.4) is 0 Å². The molecule has 7 nitrogen and oxygen atoms in total. The molecule has 3 atom stereocenters. The van der Waals surface area contributed by atoms with E-state index in [0.29, 0.717) is 33.9 Å². The highest BCUT2D eigenvalue weighted by atomic mass is 35.5. The Labute approximate surface area is 207 Å². The highest BCUT2D eigenvalue weighted by molar-refractivity contribution is 7.88. The van der Waals surface area contributed by atoms with Crippen molar-refractivity contribution in [2.75, 3.05) is 6.26 Å². The molecule has 0 spiro atoms. The molecule has 2 bridgehead atoms. The molecule has 3 heterocycles. The van der Waals surface area contributed by atoms with E-state index in [1.165, 1.54) is 25.2 Å². The van der Waals surface area contributed by atoms with Crippen molar-refractivity contribution in [2.45, 2.75) is 57.3 Å². The average molecular weight is 529 g/mol. The van der Waals surface area contributed by atoms with Gasteiger partial charge >= 0.3 is 5.97 Å². The first-order chi connectivity index (χ1) is 15.9. The lowest BCUT2D eigenvalue weighted by Crippen LogP contribution is -2.71. The van der Waals surface area contributed by atoms with E-state index < -0.39 is 45.9 Å². The largest absolute Gasteiger partial charge is 0.453 e. The number of amides is 1. The third-order valence-corrected chi connectivity index (χ3v) is 8.30. The van der Waals surface area contributed by atoms with Gasteiger partial charge in [-0.3, -0.25) is 9.59 Å². The molecule has 2 aliphatic heterocycles. The van der Waals surface area contributed by atoms with Crippen molar-refractivity contribution in [1.82, 2.24) is 9.62 Å². The number of hydrogen-bond acceptors (Lipinski definition) is 6. The summed E-state index contributed by atoms with van der Waals surface area (Å²) in [4.78, 5) is 26.4. The maximum absolute atomic E-state index is 15.6. The van der Waals surface area contributed by atoms with Gasteiger partial charge in [0.25, 0.3) is 5.91 Å². The topological polar surface area (TPSA) is 92.8 Å². The number of sulfonamides is 1. The zero-order valence-electron chi connectivity index (χ0n) is 19.0. The maximum atomic E-state index is 15.6. The lowest BCUT2D eigenvalue weighted by Gasteiger charge is -2.58. The predicted octanol–water partition coefficient (Wildman–Crippen LogP) is 3.61. The summed E-state index contributed by atoms with van der Waals surface area (Å²) in [5.41, 5.74) is 1.41. The first-order valence-corrected chi connectivity index (χ1v) is 14.1. The number of fused-ring (bicyclic) bond motifs is 2. The zero-order valence-corrected chi connectivity index (χ0v) is 21.3. The molecular formula is C23H26ClFN2O5S2. The Bertz CT molecular complexity index is 1210. The van der Waals surface area contributed by atoms with Gasteiger partial charge in [-0.1, -0.05) is 29.8 Å². The van der Waals surface area contributed by atoms with Crippen LogP contribution < -0.4 is 4.72 Å². The van der Waals surface area contributed by atoms with Crippen LogP contribution in [0.5, 0.6) is 0 Å². The zero-order chi connectivity index (χ0) is 24.8. The lowest BCUT2D eigenvalue weighted by molar-refractivity contribution is -0.168. The number of nitrogens with one attached hydrogen (secondary N) is 1. The van der Waals surface area contributed by atoms with E-state index in [4.69, 9.17) is 16.3 Å². The van der Waals surface area contributed by atoms with E-state index in [1.54, 1.807) is 34.5 Å². The SMILES string of the molecule is CC(=O)O[C@H](C)C(=O)N1C2CC(C2)[C@H](NS(C)(=O)=O)[C@@H]1Cc1cccc(-c2csc(Cl)c2)c1F. The van der Waals surface area contributed by atoms with Crippen molar-refractivity contribution in [3.63, 3.8) is 0 Å². The number of hydrogen-bond donors (Lipinski definition) is 1. The second kappa shape index (κ2) is 9.56. The molecule has 1 aromatic heterocycles. The third-order valence-electron chi connectivity index (χ3n) is 6.50. The highest BCUT2D eigenvalue weighted by Crippen LogP contribution is 2.45. The summed E-state index contributed by atoms with van der Waals surface area (Å²) in [6, 6.07) is 5.40. The summed E-state index contributed by atoms with van der Waals surface area (Å²) in [5, 5.41) is 1.77. The molecule has 1 N–H and O–H groups in total. The Hall–Kier alpha value is -2.01. The number of halogens is 2. The molecular weight excluding hydrogens is 503 g/mol. The Morgan fingerprint density at radius 1 is 1.35 bits per heavy atom. The van der Waals surface area contributed by atoms with Gasteiger partial charge in [0.05, 0.1) is 16.6 Å². The van der Waals surface area contributed by atoms with E-state index in [2.05, 4.69) is 4.72 Å². The highest BCUT2D eigenvalue weighted by Gasteiger charge is 2.54. The molecule has 1 aromatic carbocycles. The molecule has 0 radical (unpaired) electrons. The molecule has 34 heavy (non-hydrogen) atoms. The molecule has 1 aliphatic carbocycles. The van der Waals surface area contributed by atoms with Gasteiger partial charge in [0.1, 0.15) is 5.82 Å². The first kappa shape index (κ1) is 25.1. The van der Waals surface area contributed by atoms with Crippen LogP contribution >= 0.6 is 22.9 Å². The van der Waals surface area contributed by atoms with Gasteiger partial charge in [-0.25, -0.2) is 17.5 Å². The smallest absolute Gasteiger partial charge is 0.303 e. The molecule has 0 unspecified atom stereocenters. The number of esters is 1. The number of carbonyl (C=O) groups is 2. The van der Waals surface area contributed by atoms with Crippen molar-refractivity contribution in [1.29, 1.82) is 0 Å². The molecule has 184 valence electrons. The molecule has 11 heteroatoms. The van der Waals surface area contributed by atoms with E-state index in [1.807, 2.05) is 0 Å². The second-order valence-electron chi connectivity index (χ2n) is 8.99. The lowest BCUT2D eigenvalue weighted by atomic mass is 9.66. The summed E-state index contributed by atoms with van der Waals surface area (Å²) in [6.07, 6.45) is 1.43. The number of rotatable bonds is 7. The maximum Gasteiger partial charge on any atom is 0.303 e. The molecule has 2 aromatic rings. The summed E-state index contributed by atoms with van der Waals surface area (Å²) in [5.74, 6) is -1.39. The molecule has 2 saturated heterocycles. The molecule has 3 fully saturated rings. The Morgan fingerprint density at radius 3 is 2.65 bits per heavy atom. The van der Waals surface area contributed by atoms with Crippen LogP contribution in [0.2, 0.25) is 4.34 Å². The van der Waals surface area contributed by atoms with E-state index in [-0.39, 0.29) is 18.4 Å². The van der Waals surface area contributed by atoms with Crippen molar-refractivity contribution >= 4 is 44.8 Å². The number of ether oxygens (including phenoxy) is 1. The number of thiophene rings is 1. The minimum absolute atomic E-state index is 0.0414.